The molecular weight excluding hydrogens is 363 g/mol. The number of benzene rings is 1. The lowest BCUT2D eigenvalue weighted by Gasteiger charge is -2.15. The highest BCUT2D eigenvalue weighted by Crippen LogP contribution is 2.21. The van der Waals surface area contributed by atoms with Crippen LogP contribution in [0.25, 0.3) is 0 Å². The number of urea groups is 1. The third-order valence-corrected chi connectivity index (χ3v) is 4.88. The first kappa shape index (κ1) is 19.2. The molecule has 0 aliphatic rings. The maximum atomic E-state index is 12.9. The molecule has 1 atom stereocenters. The number of amides is 3. The molecule has 0 bridgehead atoms. The summed E-state index contributed by atoms with van der Waals surface area (Å²) in [6.07, 6.45) is 4.66. The van der Waals surface area contributed by atoms with Crippen molar-refractivity contribution < 1.29 is 14.0 Å². The van der Waals surface area contributed by atoms with Crippen LogP contribution in [0.2, 0.25) is 0 Å². The zero-order valence-electron chi connectivity index (χ0n) is 13.6. The summed E-state index contributed by atoms with van der Waals surface area (Å²) < 4.78 is 12.9. The van der Waals surface area contributed by atoms with Gasteiger partial charge in [0.25, 0.3) is 0 Å². The van der Waals surface area contributed by atoms with Gasteiger partial charge in [-0.05, 0) is 36.1 Å². The summed E-state index contributed by atoms with van der Waals surface area (Å²) in [6, 6.07) is 4.80. The Morgan fingerprint density at radius 2 is 2.08 bits per heavy atom. The van der Waals surface area contributed by atoms with Gasteiger partial charge in [0.2, 0.25) is 5.91 Å². The molecule has 0 aliphatic carbocycles. The van der Waals surface area contributed by atoms with Gasteiger partial charge in [-0.15, -0.1) is 11.3 Å². The van der Waals surface area contributed by atoms with Gasteiger partial charge in [-0.2, -0.15) is 11.8 Å². The van der Waals surface area contributed by atoms with Crippen LogP contribution >= 0.6 is 23.1 Å². The molecule has 3 amide bonds. The van der Waals surface area contributed by atoms with Crippen LogP contribution in [0.3, 0.4) is 0 Å². The van der Waals surface area contributed by atoms with E-state index in [9.17, 15) is 14.0 Å². The largest absolute Gasteiger partial charge is 0.352 e. The normalized spacial score (nSPS) is 11.8. The number of hydrogen-bond donors (Lipinski definition) is 3. The maximum Gasteiger partial charge on any atom is 0.312 e. The SMILES string of the molecule is CSCCC(NC(N)=O)C(=O)Nc1ncc(Cc2ccc(F)cc2)s1. The Kier molecular flexibility index (Phi) is 7.20. The molecule has 0 spiro atoms. The molecule has 134 valence electrons. The fourth-order valence-electron chi connectivity index (χ4n) is 2.12. The van der Waals surface area contributed by atoms with E-state index in [0.717, 1.165) is 10.4 Å². The van der Waals surface area contributed by atoms with Crippen LogP contribution in [-0.4, -0.2) is 35.0 Å². The molecule has 0 fully saturated rings. The third kappa shape index (κ3) is 6.35. The second kappa shape index (κ2) is 9.38. The fourth-order valence-corrected chi connectivity index (χ4v) is 3.44. The van der Waals surface area contributed by atoms with E-state index in [4.69, 9.17) is 5.73 Å². The highest BCUT2D eigenvalue weighted by Gasteiger charge is 2.20. The second-order valence-electron chi connectivity index (χ2n) is 5.27. The average molecular weight is 382 g/mol. The predicted molar refractivity (Wildman–Crippen MR) is 99.5 cm³/mol. The van der Waals surface area contributed by atoms with E-state index in [-0.39, 0.29) is 11.7 Å². The second-order valence-corrected chi connectivity index (χ2v) is 7.37. The number of halogens is 1. The van der Waals surface area contributed by atoms with Crippen LogP contribution in [-0.2, 0) is 11.2 Å². The maximum absolute atomic E-state index is 12.9. The number of carbonyl (C=O) groups excluding carboxylic acids is 2. The van der Waals surface area contributed by atoms with Crippen LogP contribution in [0.5, 0.6) is 0 Å². The molecule has 4 N–H and O–H groups in total. The van der Waals surface area contributed by atoms with Crippen molar-refractivity contribution in [3.05, 3.63) is 46.7 Å². The van der Waals surface area contributed by atoms with Gasteiger partial charge < -0.3 is 16.4 Å². The number of nitrogens with two attached hydrogens (primary N) is 1. The Morgan fingerprint density at radius 3 is 2.72 bits per heavy atom. The van der Waals surface area contributed by atoms with E-state index < -0.39 is 12.1 Å². The van der Waals surface area contributed by atoms with Crippen LogP contribution in [0.1, 0.15) is 16.9 Å². The molecule has 2 rings (SSSR count). The Morgan fingerprint density at radius 1 is 1.36 bits per heavy atom. The highest BCUT2D eigenvalue weighted by molar-refractivity contribution is 7.98. The van der Waals surface area contributed by atoms with Gasteiger partial charge >= 0.3 is 6.03 Å². The molecule has 6 nitrogen and oxygen atoms in total. The number of thioether (sulfide) groups is 1. The van der Waals surface area contributed by atoms with Crippen molar-refractivity contribution in [2.45, 2.75) is 18.9 Å². The molecule has 1 aromatic carbocycles. The minimum absolute atomic E-state index is 0.278. The molecule has 25 heavy (non-hydrogen) atoms. The number of nitrogens with zero attached hydrogens (tertiary/aromatic N) is 1. The van der Waals surface area contributed by atoms with E-state index in [1.165, 1.54) is 23.5 Å². The minimum Gasteiger partial charge on any atom is -0.352 e. The molecule has 0 radical (unpaired) electrons. The zero-order valence-corrected chi connectivity index (χ0v) is 15.3. The van der Waals surface area contributed by atoms with Crippen molar-refractivity contribution in [2.75, 3.05) is 17.3 Å². The van der Waals surface area contributed by atoms with E-state index in [0.29, 0.717) is 23.7 Å². The molecule has 9 heteroatoms. The first-order valence-electron chi connectivity index (χ1n) is 7.53. The summed E-state index contributed by atoms with van der Waals surface area (Å²) in [4.78, 5) is 28.4. The first-order valence-corrected chi connectivity index (χ1v) is 9.74. The Bertz CT molecular complexity index is 721. The van der Waals surface area contributed by atoms with Crippen LogP contribution in [0.4, 0.5) is 14.3 Å². The number of primary amides is 1. The number of carbonyl (C=O) groups is 2. The van der Waals surface area contributed by atoms with Crippen molar-refractivity contribution in [3.8, 4) is 0 Å². The number of aromatic nitrogens is 1. The third-order valence-electron chi connectivity index (χ3n) is 3.32. The van der Waals surface area contributed by atoms with E-state index in [1.54, 1.807) is 30.1 Å². The summed E-state index contributed by atoms with van der Waals surface area (Å²) in [7, 11) is 0. The van der Waals surface area contributed by atoms with E-state index in [2.05, 4.69) is 15.6 Å². The molecule has 1 aromatic heterocycles. The minimum atomic E-state index is -0.739. The van der Waals surface area contributed by atoms with Gasteiger partial charge in [0.1, 0.15) is 11.9 Å². The lowest BCUT2D eigenvalue weighted by Crippen LogP contribution is -2.46. The van der Waals surface area contributed by atoms with Crippen molar-refractivity contribution >= 4 is 40.2 Å². The topological polar surface area (TPSA) is 97.1 Å². The van der Waals surface area contributed by atoms with Gasteiger partial charge in [0.15, 0.2) is 5.13 Å². The summed E-state index contributed by atoms with van der Waals surface area (Å²) in [5.74, 6) is 0.0845. The van der Waals surface area contributed by atoms with Gasteiger partial charge in [-0.1, -0.05) is 12.1 Å². The number of nitrogens with one attached hydrogen (secondary N) is 2. The lowest BCUT2D eigenvalue weighted by molar-refractivity contribution is -0.117. The lowest BCUT2D eigenvalue weighted by atomic mass is 10.1. The van der Waals surface area contributed by atoms with Gasteiger partial charge in [-0.25, -0.2) is 14.2 Å². The summed E-state index contributed by atoms with van der Waals surface area (Å²) >= 11 is 2.91. The first-order chi connectivity index (χ1) is 12.0. The Labute approximate surface area is 153 Å². The summed E-state index contributed by atoms with van der Waals surface area (Å²) in [6.45, 7) is 0. The van der Waals surface area contributed by atoms with Gasteiger partial charge in [-0.3, -0.25) is 4.79 Å². The zero-order chi connectivity index (χ0) is 18.2. The quantitative estimate of drug-likeness (QED) is 0.654. The number of thiazole rings is 1. The molecule has 1 unspecified atom stereocenters. The van der Waals surface area contributed by atoms with Crippen molar-refractivity contribution in [1.82, 2.24) is 10.3 Å². The molecule has 0 saturated carbocycles. The van der Waals surface area contributed by atoms with Gasteiger partial charge in [0.05, 0.1) is 0 Å². The molecule has 0 aliphatic heterocycles. The monoisotopic (exact) mass is 382 g/mol. The van der Waals surface area contributed by atoms with Crippen LogP contribution in [0.15, 0.2) is 30.5 Å². The van der Waals surface area contributed by atoms with E-state index >= 15 is 0 Å². The summed E-state index contributed by atoms with van der Waals surface area (Å²) in [5, 5.41) is 5.59. The molecule has 1 heterocycles. The number of hydrogen-bond acceptors (Lipinski definition) is 5. The van der Waals surface area contributed by atoms with Crippen LogP contribution < -0.4 is 16.4 Å². The van der Waals surface area contributed by atoms with Crippen molar-refractivity contribution in [1.29, 1.82) is 0 Å². The number of rotatable bonds is 8. The Hall–Kier alpha value is -2.13. The predicted octanol–water partition coefficient (Wildman–Crippen LogP) is 2.60. The fraction of sp³-hybridized carbons (Fsp3) is 0.312. The number of anilines is 1. The molecule has 0 saturated heterocycles. The van der Waals surface area contributed by atoms with Crippen molar-refractivity contribution in [3.63, 3.8) is 0 Å². The highest BCUT2D eigenvalue weighted by atomic mass is 32.2. The van der Waals surface area contributed by atoms with Gasteiger partial charge in [0, 0.05) is 17.5 Å². The van der Waals surface area contributed by atoms with Crippen molar-refractivity contribution in [2.24, 2.45) is 5.73 Å². The average Bonchev–Trinajstić information content (AvgIpc) is 3.00. The molecular formula is C16H19FN4O2S2. The summed E-state index contributed by atoms with van der Waals surface area (Å²) in [5.41, 5.74) is 6.08. The van der Waals surface area contributed by atoms with E-state index in [1.807, 2.05) is 6.26 Å². The molecule has 2 aromatic rings. The van der Waals surface area contributed by atoms with Crippen LogP contribution in [0, 0.1) is 5.82 Å². The Balaban J connectivity index is 1.97. The standard InChI is InChI=1S/C16H19FN4O2S2/c1-24-7-6-13(20-15(18)23)14(22)21-16-19-9-12(25-16)8-10-2-4-11(17)5-3-10/h2-5,9,13H,6-8H2,1H3,(H3,18,20,23)(H,19,21,22). The smallest absolute Gasteiger partial charge is 0.312 e.